The van der Waals surface area contributed by atoms with Crippen molar-refractivity contribution in [2.75, 3.05) is 19.7 Å². The number of benzene rings is 1. The lowest BCUT2D eigenvalue weighted by molar-refractivity contribution is 0.169. The first-order valence-electron chi connectivity index (χ1n) is 9.88. The molecule has 0 saturated heterocycles. The van der Waals surface area contributed by atoms with E-state index in [9.17, 15) is 5.11 Å². The molecule has 1 aromatic heterocycles. The van der Waals surface area contributed by atoms with E-state index in [0.717, 1.165) is 49.6 Å². The van der Waals surface area contributed by atoms with E-state index < -0.39 is 0 Å². The number of aliphatic hydroxyl groups is 1. The quantitative estimate of drug-likeness (QED) is 0.443. The first kappa shape index (κ1) is 21.0. The summed E-state index contributed by atoms with van der Waals surface area (Å²) < 4.78 is 1.84. The van der Waals surface area contributed by atoms with Crippen molar-refractivity contribution in [3.05, 3.63) is 48.3 Å². The summed E-state index contributed by atoms with van der Waals surface area (Å²) in [7, 11) is 0. The Kier molecular flexibility index (Phi) is 8.33. The lowest BCUT2D eigenvalue weighted by atomic mass is 9.79. The highest BCUT2D eigenvalue weighted by Crippen LogP contribution is 2.29. The molecule has 2 aromatic rings. The first-order valence-corrected chi connectivity index (χ1v) is 9.88. The Morgan fingerprint density at radius 2 is 1.89 bits per heavy atom. The average Bonchev–Trinajstić information content (AvgIpc) is 3.24. The zero-order chi connectivity index (χ0) is 19.5. The van der Waals surface area contributed by atoms with Gasteiger partial charge in [0.1, 0.15) is 0 Å². The van der Waals surface area contributed by atoms with Gasteiger partial charge in [0.2, 0.25) is 0 Å². The van der Waals surface area contributed by atoms with Crippen LogP contribution in [-0.4, -0.2) is 40.5 Å². The van der Waals surface area contributed by atoms with Crippen LogP contribution in [0.4, 0.5) is 0 Å². The van der Waals surface area contributed by atoms with Gasteiger partial charge in [0.05, 0.1) is 12.2 Å². The standard InChI is InChI=1S/C21H33N5O/c1-4-21(5-2,12-15-27)17-24-20(22-6-3)23-16-18-8-10-19(11-9-18)26-14-7-13-25-26/h7-11,13-14,27H,4-6,12,15-17H2,1-3H3,(H2,22,23,24). The normalized spacial score (nSPS) is 12.2. The number of aromatic nitrogens is 2. The zero-order valence-electron chi connectivity index (χ0n) is 16.8. The van der Waals surface area contributed by atoms with E-state index in [1.54, 1.807) is 6.20 Å². The van der Waals surface area contributed by atoms with Crippen LogP contribution in [0.2, 0.25) is 0 Å². The summed E-state index contributed by atoms with van der Waals surface area (Å²) in [6, 6.07) is 10.2. The Hall–Kier alpha value is -2.34. The molecule has 2 rings (SSSR count). The summed E-state index contributed by atoms with van der Waals surface area (Å²) in [5.74, 6) is 0.817. The summed E-state index contributed by atoms with van der Waals surface area (Å²) in [5, 5.41) is 20.4. The third-order valence-corrected chi connectivity index (χ3v) is 5.24. The second-order valence-electron chi connectivity index (χ2n) is 6.85. The van der Waals surface area contributed by atoms with Gasteiger partial charge in [-0.05, 0) is 55.4 Å². The molecule has 148 valence electrons. The van der Waals surface area contributed by atoms with E-state index in [0.29, 0.717) is 6.54 Å². The van der Waals surface area contributed by atoms with Crippen LogP contribution in [0.25, 0.3) is 5.69 Å². The Morgan fingerprint density at radius 3 is 2.44 bits per heavy atom. The second-order valence-corrected chi connectivity index (χ2v) is 6.85. The van der Waals surface area contributed by atoms with Crippen molar-refractivity contribution < 1.29 is 5.11 Å². The third kappa shape index (κ3) is 6.10. The van der Waals surface area contributed by atoms with Crippen LogP contribution in [0.3, 0.4) is 0 Å². The summed E-state index contributed by atoms with van der Waals surface area (Å²) in [4.78, 5) is 4.72. The molecule has 0 saturated carbocycles. The summed E-state index contributed by atoms with van der Waals surface area (Å²) in [5.41, 5.74) is 2.30. The van der Waals surface area contributed by atoms with Crippen LogP contribution in [0.5, 0.6) is 0 Å². The molecule has 0 spiro atoms. The third-order valence-electron chi connectivity index (χ3n) is 5.24. The number of nitrogens with zero attached hydrogens (tertiary/aromatic N) is 3. The van der Waals surface area contributed by atoms with Crippen LogP contribution in [0.1, 0.15) is 45.6 Å². The van der Waals surface area contributed by atoms with E-state index >= 15 is 0 Å². The van der Waals surface area contributed by atoms with Crippen molar-refractivity contribution in [2.45, 2.75) is 46.6 Å². The average molecular weight is 372 g/mol. The van der Waals surface area contributed by atoms with Crippen LogP contribution >= 0.6 is 0 Å². The monoisotopic (exact) mass is 371 g/mol. The highest BCUT2D eigenvalue weighted by molar-refractivity contribution is 5.79. The van der Waals surface area contributed by atoms with Crippen molar-refractivity contribution in [2.24, 2.45) is 10.4 Å². The minimum atomic E-state index is 0.107. The molecule has 0 unspecified atom stereocenters. The lowest BCUT2D eigenvalue weighted by Gasteiger charge is -2.32. The fraction of sp³-hybridized carbons (Fsp3) is 0.524. The fourth-order valence-electron chi connectivity index (χ4n) is 3.14. The number of nitrogens with one attached hydrogen (secondary N) is 2. The Labute approximate surface area is 162 Å². The van der Waals surface area contributed by atoms with E-state index in [1.165, 1.54) is 0 Å². The maximum Gasteiger partial charge on any atom is 0.191 e. The van der Waals surface area contributed by atoms with Crippen LogP contribution in [0, 0.1) is 5.41 Å². The molecule has 1 heterocycles. The summed E-state index contributed by atoms with van der Waals surface area (Å²) in [6.45, 7) is 8.90. The van der Waals surface area contributed by atoms with Gasteiger partial charge in [0, 0.05) is 32.1 Å². The predicted octanol–water partition coefficient (Wildman–Crippen LogP) is 3.12. The van der Waals surface area contributed by atoms with Gasteiger partial charge in [-0.15, -0.1) is 0 Å². The van der Waals surface area contributed by atoms with Gasteiger partial charge < -0.3 is 15.7 Å². The van der Waals surface area contributed by atoms with Gasteiger partial charge in [0.15, 0.2) is 5.96 Å². The van der Waals surface area contributed by atoms with E-state index in [-0.39, 0.29) is 12.0 Å². The topological polar surface area (TPSA) is 74.5 Å². The van der Waals surface area contributed by atoms with Gasteiger partial charge in [-0.2, -0.15) is 5.10 Å². The highest BCUT2D eigenvalue weighted by Gasteiger charge is 2.25. The van der Waals surface area contributed by atoms with Crippen LogP contribution in [0.15, 0.2) is 47.7 Å². The molecule has 0 atom stereocenters. The molecule has 3 N–H and O–H groups in total. The Bertz CT molecular complexity index is 675. The molecular formula is C21H33N5O. The smallest absolute Gasteiger partial charge is 0.191 e. The SMILES string of the molecule is CCNC(=NCc1ccc(-n2cccn2)cc1)NCC(CC)(CC)CCO. The maximum atomic E-state index is 9.40. The van der Waals surface area contributed by atoms with E-state index in [1.807, 2.05) is 16.9 Å². The number of aliphatic imine (C=N–C) groups is 1. The molecule has 6 nitrogen and oxygen atoms in total. The van der Waals surface area contributed by atoms with Gasteiger partial charge in [-0.3, -0.25) is 0 Å². The number of rotatable bonds is 10. The molecule has 0 radical (unpaired) electrons. The highest BCUT2D eigenvalue weighted by atomic mass is 16.3. The molecule has 0 fully saturated rings. The number of aliphatic hydroxyl groups excluding tert-OH is 1. The van der Waals surface area contributed by atoms with Gasteiger partial charge in [0.25, 0.3) is 0 Å². The zero-order valence-corrected chi connectivity index (χ0v) is 16.8. The van der Waals surface area contributed by atoms with Crippen molar-refractivity contribution >= 4 is 5.96 Å². The molecule has 0 aliphatic rings. The summed E-state index contributed by atoms with van der Waals surface area (Å²) in [6.07, 6.45) is 6.58. The molecule has 0 aliphatic carbocycles. The largest absolute Gasteiger partial charge is 0.396 e. The number of hydrogen-bond donors (Lipinski definition) is 3. The minimum absolute atomic E-state index is 0.107. The fourth-order valence-corrected chi connectivity index (χ4v) is 3.14. The molecule has 27 heavy (non-hydrogen) atoms. The molecule has 0 bridgehead atoms. The Morgan fingerprint density at radius 1 is 1.15 bits per heavy atom. The van der Waals surface area contributed by atoms with E-state index in [4.69, 9.17) is 4.99 Å². The first-order chi connectivity index (χ1) is 13.2. The van der Waals surface area contributed by atoms with Crippen LogP contribution in [-0.2, 0) is 6.54 Å². The summed E-state index contributed by atoms with van der Waals surface area (Å²) >= 11 is 0. The molecule has 1 aromatic carbocycles. The van der Waals surface area contributed by atoms with Crippen molar-refractivity contribution in [1.82, 2.24) is 20.4 Å². The van der Waals surface area contributed by atoms with Crippen LogP contribution < -0.4 is 10.6 Å². The second kappa shape index (κ2) is 10.7. The molecule has 0 amide bonds. The van der Waals surface area contributed by atoms with Crippen molar-refractivity contribution in [3.8, 4) is 5.69 Å². The predicted molar refractivity (Wildman–Crippen MR) is 111 cm³/mol. The number of guanidine groups is 1. The van der Waals surface area contributed by atoms with Gasteiger partial charge in [-0.25, -0.2) is 9.67 Å². The van der Waals surface area contributed by atoms with Crippen molar-refractivity contribution in [3.63, 3.8) is 0 Å². The molecular weight excluding hydrogens is 338 g/mol. The minimum Gasteiger partial charge on any atom is -0.396 e. The maximum absolute atomic E-state index is 9.40. The van der Waals surface area contributed by atoms with Crippen molar-refractivity contribution in [1.29, 1.82) is 0 Å². The molecule has 6 heteroatoms. The Balaban J connectivity index is 2.00. The van der Waals surface area contributed by atoms with Gasteiger partial charge >= 0.3 is 0 Å². The molecule has 0 aliphatic heterocycles. The number of hydrogen-bond acceptors (Lipinski definition) is 3. The van der Waals surface area contributed by atoms with Gasteiger partial charge in [-0.1, -0.05) is 26.0 Å². The lowest BCUT2D eigenvalue weighted by Crippen LogP contribution is -2.43. The van der Waals surface area contributed by atoms with E-state index in [2.05, 4.69) is 60.8 Å².